The molecule has 0 aliphatic heterocycles. The Morgan fingerprint density at radius 3 is 1.58 bits per heavy atom. The molecule has 1 rings (SSSR count). The zero-order chi connectivity index (χ0) is 5.82. The molecule has 1 aromatic rings. The summed E-state index contributed by atoms with van der Waals surface area (Å²) >= 11 is 0. The summed E-state index contributed by atoms with van der Waals surface area (Å²) in [4.78, 5) is 9.88. The van der Waals surface area contributed by atoms with Crippen LogP contribution in [0.4, 0.5) is 0 Å². The van der Waals surface area contributed by atoms with Crippen LogP contribution in [0.5, 0.6) is 0 Å². The van der Waals surface area contributed by atoms with Crippen LogP contribution in [0.2, 0.25) is 0 Å². The van der Waals surface area contributed by atoms with Crippen LogP contribution < -0.4 is 14.1 Å². The SMILES string of the molecule is O=[C-]c1ccccc1.[F-].[F-].[F-].[Ti+4]. The molecule has 0 aliphatic rings. The van der Waals surface area contributed by atoms with E-state index in [0.29, 0.717) is 5.56 Å². The Hall–Kier alpha value is -0.606. The van der Waals surface area contributed by atoms with E-state index in [-0.39, 0.29) is 35.8 Å². The van der Waals surface area contributed by atoms with Crippen LogP contribution in [0.25, 0.3) is 0 Å². The van der Waals surface area contributed by atoms with Gasteiger partial charge in [0.2, 0.25) is 0 Å². The van der Waals surface area contributed by atoms with Crippen molar-refractivity contribution in [2.24, 2.45) is 0 Å². The van der Waals surface area contributed by atoms with E-state index in [9.17, 15) is 4.79 Å². The van der Waals surface area contributed by atoms with Crippen molar-refractivity contribution in [1.29, 1.82) is 0 Å². The third kappa shape index (κ3) is 7.50. The van der Waals surface area contributed by atoms with Crippen molar-refractivity contribution in [3.8, 4) is 0 Å². The van der Waals surface area contributed by atoms with Crippen molar-refractivity contribution in [2.75, 3.05) is 0 Å². The first-order chi connectivity index (χ1) is 3.93. The zero-order valence-corrected chi connectivity index (χ0v) is 7.49. The van der Waals surface area contributed by atoms with Gasteiger partial charge in [-0.2, -0.15) is 17.7 Å². The summed E-state index contributed by atoms with van der Waals surface area (Å²) in [5, 5.41) is 0. The van der Waals surface area contributed by atoms with E-state index in [1.54, 1.807) is 30.6 Å². The van der Waals surface area contributed by atoms with Crippen molar-refractivity contribution in [2.45, 2.75) is 0 Å². The number of benzene rings is 1. The van der Waals surface area contributed by atoms with Gasteiger partial charge < -0.3 is 18.9 Å². The number of hydrogen-bond acceptors (Lipinski definition) is 1. The van der Waals surface area contributed by atoms with Crippen LogP contribution in [0.3, 0.4) is 0 Å². The van der Waals surface area contributed by atoms with E-state index >= 15 is 0 Å². The van der Waals surface area contributed by atoms with Crippen molar-refractivity contribution >= 4 is 6.29 Å². The van der Waals surface area contributed by atoms with Crippen LogP contribution in [0.15, 0.2) is 30.3 Å². The third-order valence-electron chi connectivity index (χ3n) is 0.892. The van der Waals surface area contributed by atoms with Crippen molar-refractivity contribution in [3.63, 3.8) is 0 Å². The molecule has 5 heteroatoms. The quantitative estimate of drug-likeness (QED) is 0.332. The number of hydrogen-bond donors (Lipinski definition) is 0. The molecular weight excluding hydrogens is 205 g/mol. The fourth-order valence-corrected chi connectivity index (χ4v) is 0.506. The second-order valence-electron chi connectivity index (χ2n) is 1.47. The minimum Gasteiger partial charge on any atom is -1.00 e. The molecule has 1 aromatic carbocycles. The Kier molecular flexibility index (Phi) is 24.4. The summed E-state index contributed by atoms with van der Waals surface area (Å²) < 4.78 is 0. The number of carbonyl (C=O) groups excluding carboxylic acids is 1. The Balaban J connectivity index is -0.0000000800. The van der Waals surface area contributed by atoms with Gasteiger partial charge in [-0.3, -0.25) is 0 Å². The predicted octanol–water partition coefficient (Wildman–Crippen LogP) is -7.85. The largest absolute Gasteiger partial charge is 4.00 e. The van der Waals surface area contributed by atoms with Gasteiger partial charge >= 0.3 is 21.7 Å². The number of halogens is 3. The molecule has 0 N–H and O–H groups in total. The van der Waals surface area contributed by atoms with Crippen LogP contribution >= 0.6 is 0 Å². The molecule has 64 valence electrons. The molecule has 0 aliphatic carbocycles. The summed E-state index contributed by atoms with van der Waals surface area (Å²) in [7, 11) is 0. The molecular formula is C7H5F3OTi. The van der Waals surface area contributed by atoms with Crippen LogP contribution in [-0.4, -0.2) is 6.29 Å². The Bertz CT molecular complexity index is 181. The molecule has 0 saturated carbocycles. The van der Waals surface area contributed by atoms with Crippen LogP contribution in [0, 0.1) is 0 Å². The zero-order valence-electron chi connectivity index (χ0n) is 5.93. The van der Waals surface area contributed by atoms with Gasteiger partial charge in [0.05, 0.1) is 6.29 Å². The summed E-state index contributed by atoms with van der Waals surface area (Å²) in [5.74, 6) is 0. The predicted molar refractivity (Wildman–Crippen MR) is 31.2 cm³/mol. The second kappa shape index (κ2) is 13.0. The maximum atomic E-state index is 9.88. The fraction of sp³-hybridized carbons (Fsp3) is 0. The summed E-state index contributed by atoms with van der Waals surface area (Å²) in [6.07, 6.45) is 1.78. The van der Waals surface area contributed by atoms with E-state index in [2.05, 4.69) is 0 Å². The van der Waals surface area contributed by atoms with Crippen LogP contribution in [0.1, 0.15) is 5.56 Å². The average Bonchev–Trinajstić information content (AvgIpc) is 1.90. The summed E-state index contributed by atoms with van der Waals surface area (Å²) in [6, 6.07) is 8.90. The molecule has 0 heterocycles. The topological polar surface area (TPSA) is 17.1 Å². The molecule has 0 bridgehead atoms. The minimum absolute atomic E-state index is 0. The Morgan fingerprint density at radius 2 is 1.33 bits per heavy atom. The smallest absolute Gasteiger partial charge is 1.00 e. The van der Waals surface area contributed by atoms with E-state index in [0.717, 1.165) is 0 Å². The first kappa shape index (κ1) is 22.5. The monoisotopic (exact) mass is 210 g/mol. The maximum Gasteiger partial charge on any atom is 4.00 e. The molecule has 0 saturated heterocycles. The summed E-state index contributed by atoms with van der Waals surface area (Å²) in [5.41, 5.74) is 0.604. The van der Waals surface area contributed by atoms with E-state index in [1.165, 1.54) is 0 Å². The second-order valence-corrected chi connectivity index (χ2v) is 1.47. The minimum atomic E-state index is 0. The van der Waals surface area contributed by atoms with E-state index in [1.807, 2.05) is 6.07 Å². The fourth-order valence-electron chi connectivity index (χ4n) is 0.506. The Labute approximate surface area is 83.1 Å². The standard InChI is InChI=1S/C7H5O.3FH.Ti/c8-6-7-4-2-1-3-5-7;;;;/h1-5H;3*1H;/q-1;;;;+4/p-3. The van der Waals surface area contributed by atoms with Gasteiger partial charge in [0, 0.05) is 0 Å². The van der Waals surface area contributed by atoms with Gasteiger partial charge in [-0.1, -0.05) is 6.07 Å². The van der Waals surface area contributed by atoms with Gasteiger partial charge in [0.1, 0.15) is 0 Å². The molecule has 0 aromatic heterocycles. The first-order valence-electron chi connectivity index (χ1n) is 2.36. The van der Waals surface area contributed by atoms with Crippen molar-refractivity contribution in [3.05, 3.63) is 35.9 Å². The van der Waals surface area contributed by atoms with Crippen molar-refractivity contribution < 1.29 is 40.6 Å². The van der Waals surface area contributed by atoms with Gasteiger partial charge in [0.25, 0.3) is 0 Å². The first-order valence-corrected chi connectivity index (χ1v) is 2.36. The third-order valence-corrected chi connectivity index (χ3v) is 0.892. The van der Waals surface area contributed by atoms with Crippen molar-refractivity contribution in [1.82, 2.24) is 0 Å². The molecule has 0 unspecified atom stereocenters. The molecule has 0 atom stereocenters. The van der Waals surface area contributed by atoms with E-state index in [4.69, 9.17) is 0 Å². The molecule has 0 fully saturated rings. The molecule has 0 radical (unpaired) electrons. The van der Waals surface area contributed by atoms with E-state index < -0.39 is 0 Å². The molecule has 0 amide bonds. The van der Waals surface area contributed by atoms with Gasteiger partial charge in [-0.15, -0.1) is 12.1 Å². The summed E-state index contributed by atoms with van der Waals surface area (Å²) in [6.45, 7) is 0. The Morgan fingerprint density at radius 1 is 0.917 bits per heavy atom. The molecule has 1 nitrogen and oxygen atoms in total. The van der Waals surface area contributed by atoms with Gasteiger partial charge in [0.15, 0.2) is 0 Å². The molecule has 12 heavy (non-hydrogen) atoms. The number of rotatable bonds is 1. The van der Waals surface area contributed by atoms with Crippen LogP contribution in [-0.2, 0) is 26.5 Å². The van der Waals surface area contributed by atoms with Gasteiger partial charge in [-0.25, -0.2) is 0 Å². The molecule has 0 spiro atoms. The normalized spacial score (nSPS) is 5.67. The average molecular weight is 210 g/mol. The maximum absolute atomic E-state index is 9.88. The van der Waals surface area contributed by atoms with Gasteiger partial charge in [-0.05, 0) is 0 Å².